The fourth-order valence-electron chi connectivity index (χ4n) is 4.38. The summed E-state index contributed by atoms with van der Waals surface area (Å²) in [7, 11) is 0. The second-order valence-electron chi connectivity index (χ2n) is 9.28. The van der Waals surface area contributed by atoms with Crippen molar-refractivity contribution in [3.8, 4) is 0 Å². The van der Waals surface area contributed by atoms with Gasteiger partial charge in [0.15, 0.2) is 0 Å². The summed E-state index contributed by atoms with van der Waals surface area (Å²) in [5.41, 5.74) is 3.08. The molecule has 4 rings (SSSR count). The van der Waals surface area contributed by atoms with Crippen LogP contribution in [-0.2, 0) is 4.79 Å². The largest absolute Gasteiger partial charge is 0.369 e. The van der Waals surface area contributed by atoms with Crippen molar-refractivity contribution in [2.24, 2.45) is 11.8 Å². The van der Waals surface area contributed by atoms with E-state index in [1.54, 1.807) is 0 Å². The number of hydrogen-bond acceptors (Lipinski definition) is 4. The van der Waals surface area contributed by atoms with Gasteiger partial charge in [0.1, 0.15) is 5.82 Å². The van der Waals surface area contributed by atoms with Gasteiger partial charge in [0.05, 0.1) is 11.3 Å². The molecule has 6 nitrogen and oxygen atoms in total. The molecule has 1 heterocycles. The van der Waals surface area contributed by atoms with E-state index < -0.39 is 5.82 Å². The van der Waals surface area contributed by atoms with E-state index in [0.29, 0.717) is 18.2 Å². The normalized spacial score (nSPS) is 20.4. The van der Waals surface area contributed by atoms with Crippen LogP contribution in [0.4, 0.5) is 15.8 Å². The molecule has 0 aromatic heterocycles. The molecule has 1 saturated heterocycles. The van der Waals surface area contributed by atoms with Gasteiger partial charge in [0.25, 0.3) is 5.91 Å². The summed E-state index contributed by atoms with van der Waals surface area (Å²) in [4.78, 5) is 29.8. The molecule has 2 unspecified atom stereocenters. The summed E-state index contributed by atoms with van der Waals surface area (Å²) in [6.45, 7) is 9.48. The number of halogens is 1. The van der Waals surface area contributed by atoms with Crippen LogP contribution in [0.25, 0.3) is 0 Å². The van der Waals surface area contributed by atoms with Crippen molar-refractivity contribution in [2.45, 2.75) is 26.7 Å². The Balaban J connectivity index is 1.21. The van der Waals surface area contributed by atoms with Crippen LogP contribution in [-0.4, -0.2) is 56.0 Å². The fourth-order valence-corrected chi connectivity index (χ4v) is 4.38. The number of rotatable bonds is 8. The Kier molecular flexibility index (Phi) is 7.28. The molecule has 176 valence electrons. The molecular weight excluding hydrogens is 419 g/mol. The summed E-state index contributed by atoms with van der Waals surface area (Å²) < 4.78 is 13.8. The third-order valence-corrected chi connectivity index (χ3v) is 6.61. The van der Waals surface area contributed by atoms with Crippen LogP contribution in [0.2, 0.25) is 0 Å². The van der Waals surface area contributed by atoms with Gasteiger partial charge in [-0.1, -0.05) is 19.1 Å². The van der Waals surface area contributed by atoms with E-state index in [0.717, 1.165) is 45.6 Å². The Morgan fingerprint density at radius 2 is 1.85 bits per heavy atom. The number of carbonyl (C=O) groups is 2. The minimum absolute atomic E-state index is 0.0163. The van der Waals surface area contributed by atoms with E-state index >= 15 is 0 Å². The first-order chi connectivity index (χ1) is 15.9. The number of amides is 2. The lowest BCUT2D eigenvalue weighted by Gasteiger charge is -2.36. The van der Waals surface area contributed by atoms with E-state index in [1.807, 2.05) is 6.92 Å². The molecule has 0 spiro atoms. The van der Waals surface area contributed by atoms with Gasteiger partial charge in [-0.3, -0.25) is 14.5 Å². The molecular formula is C26H33FN4O2. The van der Waals surface area contributed by atoms with Gasteiger partial charge in [-0.15, -0.1) is 0 Å². The summed E-state index contributed by atoms with van der Waals surface area (Å²) in [6, 6.07) is 12.5. The number of anilines is 2. The van der Waals surface area contributed by atoms with Crippen LogP contribution in [0.1, 0.15) is 35.7 Å². The van der Waals surface area contributed by atoms with Crippen LogP contribution >= 0.6 is 0 Å². The van der Waals surface area contributed by atoms with E-state index in [-0.39, 0.29) is 23.3 Å². The van der Waals surface area contributed by atoms with Crippen molar-refractivity contribution in [2.75, 3.05) is 49.5 Å². The first kappa shape index (κ1) is 23.2. The van der Waals surface area contributed by atoms with Gasteiger partial charge in [-0.05, 0) is 68.1 Å². The molecule has 7 heteroatoms. The first-order valence-electron chi connectivity index (χ1n) is 11.8. The van der Waals surface area contributed by atoms with E-state index in [2.05, 4.69) is 51.6 Å². The number of aryl methyl sites for hydroxylation is 1. The average Bonchev–Trinajstić information content (AvgIpc) is 3.55. The minimum atomic E-state index is -0.496. The molecule has 0 radical (unpaired) electrons. The zero-order valence-corrected chi connectivity index (χ0v) is 19.4. The number of nitrogens with zero attached hydrogens (tertiary/aromatic N) is 2. The Bertz CT molecular complexity index is 1000. The average molecular weight is 453 g/mol. The molecule has 2 amide bonds. The third-order valence-electron chi connectivity index (χ3n) is 6.61. The highest BCUT2D eigenvalue weighted by molar-refractivity contribution is 6.04. The molecule has 1 saturated carbocycles. The van der Waals surface area contributed by atoms with Crippen molar-refractivity contribution in [1.29, 1.82) is 0 Å². The van der Waals surface area contributed by atoms with Crippen LogP contribution in [0.15, 0.2) is 42.5 Å². The highest BCUT2D eigenvalue weighted by atomic mass is 19.1. The fraction of sp³-hybridized carbons (Fsp3) is 0.462. The molecule has 2 atom stereocenters. The molecule has 2 aromatic carbocycles. The van der Waals surface area contributed by atoms with Crippen molar-refractivity contribution in [1.82, 2.24) is 10.2 Å². The maximum atomic E-state index is 13.8. The van der Waals surface area contributed by atoms with Crippen LogP contribution in [0.5, 0.6) is 0 Å². The summed E-state index contributed by atoms with van der Waals surface area (Å²) in [5, 5.41) is 5.67. The SMILES string of the molecule is Cc1cccc(N2CCN(CCCNC(=O)c3cc(F)ccc3NC(=O)C3CC3C)CC2)c1. The standard InChI is InChI=1S/C26H33FN4O2/c1-18-5-3-6-21(15-18)31-13-11-30(12-14-31)10-4-9-28-25(32)23-17-20(27)7-8-24(23)29-26(33)22-16-19(22)2/h3,5-8,15,17,19,22H,4,9-14,16H2,1-2H3,(H,28,32)(H,29,33). The maximum Gasteiger partial charge on any atom is 0.253 e. The molecule has 2 aromatic rings. The first-order valence-corrected chi connectivity index (χ1v) is 11.8. The minimum Gasteiger partial charge on any atom is -0.369 e. The lowest BCUT2D eigenvalue weighted by molar-refractivity contribution is -0.117. The van der Waals surface area contributed by atoms with Gasteiger partial charge in [-0.25, -0.2) is 4.39 Å². The Morgan fingerprint density at radius 1 is 1.09 bits per heavy atom. The third kappa shape index (κ3) is 6.11. The number of benzene rings is 2. The van der Waals surface area contributed by atoms with Gasteiger partial charge < -0.3 is 15.5 Å². The number of carbonyl (C=O) groups excluding carboxylic acids is 2. The zero-order chi connectivity index (χ0) is 23.4. The smallest absolute Gasteiger partial charge is 0.253 e. The highest BCUT2D eigenvalue weighted by Crippen LogP contribution is 2.38. The predicted molar refractivity (Wildman–Crippen MR) is 129 cm³/mol. The van der Waals surface area contributed by atoms with E-state index in [4.69, 9.17) is 0 Å². The highest BCUT2D eigenvalue weighted by Gasteiger charge is 2.39. The summed E-state index contributed by atoms with van der Waals surface area (Å²) >= 11 is 0. The van der Waals surface area contributed by atoms with Gasteiger partial charge in [0, 0.05) is 44.3 Å². The maximum absolute atomic E-state index is 13.8. The Hall–Kier alpha value is -2.93. The zero-order valence-electron chi connectivity index (χ0n) is 19.4. The Morgan fingerprint density at radius 3 is 2.55 bits per heavy atom. The van der Waals surface area contributed by atoms with Crippen LogP contribution < -0.4 is 15.5 Å². The second-order valence-corrected chi connectivity index (χ2v) is 9.28. The molecule has 2 fully saturated rings. The number of piperazine rings is 1. The summed E-state index contributed by atoms with van der Waals surface area (Å²) in [6.07, 6.45) is 1.67. The number of nitrogens with one attached hydrogen (secondary N) is 2. The molecule has 2 aliphatic rings. The second kappa shape index (κ2) is 10.3. The summed E-state index contributed by atoms with van der Waals surface area (Å²) in [5.74, 6) is -0.617. The van der Waals surface area contributed by atoms with Crippen LogP contribution in [0, 0.1) is 24.6 Å². The van der Waals surface area contributed by atoms with Crippen molar-refractivity contribution >= 4 is 23.2 Å². The van der Waals surface area contributed by atoms with Gasteiger partial charge >= 0.3 is 0 Å². The molecule has 1 aliphatic carbocycles. The molecule has 33 heavy (non-hydrogen) atoms. The van der Waals surface area contributed by atoms with Crippen molar-refractivity contribution in [3.05, 3.63) is 59.4 Å². The van der Waals surface area contributed by atoms with Crippen LogP contribution in [0.3, 0.4) is 0 Å². The lowest BCUT2D eigenvalue weighted by atomic mass is 10.1. The van der Waals surface area contributed by atoms with Gasteiger partial charge in [-0.2, -0.15) is 0 Å². The monoisotopic (exact) mass is 452 g/mol. The van der Waals surface area contributed by atoms with Crippen molar-refractivity contribution < 1.29 is 14.0 Å². The Labute approximate surface area is 195 Å². The number of hydrogen-bond donors (Lipinski definition) is 2. The topological polar surface area (TPSA) is 64.7 Å². The predicted octanol–water partition coefficient (Wildman–Crippen LogP) is 3.67. The molecule has 2 N–H and O–H groups in total. The quantitative estimate of drug-likeness (QED) is 0.600. The van der Waals surface area contributed by atoms with E-state index in [1.165, 1.54) is 29.4 Å². The van der Waals surface area contributed by atoms with E-state index in [9.17, 15) is 14.0 Å². The van der Waals surface area contributed by atoms with Crippen molar-refractivity contribution in [3.63, 3.8) is 0 Å². The molecule has 1 aliphatic heterocycles. The van der Waals surface area contributed by atoms with Gasteiger partial charge in [0.2, 0.25) is 5.91 Å². The molecule has 0 bridgehead atoms. The lowest BCUT2D eigenvalue weighted by Crippen LogP contribution is -2.47.